The summed E-state index contributed by atoms with van der Waals surface area (Å²) in [5.74, 6) is -0.270. The lowest BCUT2D eigenvalue weighted by atomic mass is 9.93. The average molecular weight is 308 g/mol. The van der Waals surface area contributed by atoms with Crippen molar-refractivity contribution < 1.29 is 25.5 Å². The quantitative estimate of drug-likeness (QED) is 0.866. The van der Waals surface area contributed by atoms with Gasteiger partial charge in [-0.1, -0.05) is 39.0 Å². The first kappa shape index (κ1) is 14.7. The molecule has 0 unspecified atom stereocenters. The SMILES string of the molecule is [2H][C@]1(CCOc2ccccc2)C(=O)O[C@H](C(C)(C)C)N1C(=O)O. The summed E-state index contributed by atoms with van der Waals surface area (Å²) < 4.78 is 19.0. The number of carbonyl (C=O) groups is 2. The van der Waals surface area contributed by atoms with Crippen LogP contribution in [0.15, 0.2) is 30.3 Å². The second kappa shape index (κ2) is 6.25. The Morgan fingerprint density at radius 1 is 1.41 bits per heavy atom. The van der Waals surface area contributed by atoms with Crippen molar-refractivity contribution in [3.05, 3.63) is 30.3 Å². The number of nitrogens with zero attached hydrogens (tertiary/aromatic N) is 1. The van der Waals surface area contributed by atoms with Crippen LogP contribution in [0.1, 0.15) is 28.6 Å². The van der Waals surface area contributed by atoms with E-state index in [1.54, 1.807) is 45.0 Å². The number of esters is 1. The summed E-state index contributed by atoms with van der Waals surface area (Å²) in [6.07, 6.45) is -2.47. The van der Waals surface area contributed by atoms with Gasteiger partial charge in [-0.15, -0.1) is 0 Å². The summed E-state index contributed by atoms with van der Waals surface area (Å²) >= 11 is 0. The molecule has 22 heavy (non-hydrogen) atoms. The minimum absolute atomic E-state index is 0.0310. The van der Waals surface area contributed by atoms with Gasteiger partial charge in [-0.25, -0.2) is 9.59 Å². The first-order chi connectivity index (χ1) is 10.7. The van der Waals surface area contributed by atoms with Crippen molar-refractivity contribution in [1.29, 1.82) is 0 Å². The van der Waals surface area contributed by atoms with E-state index in [4.69, 9.17) is 10.8 Å². The Kier molecular flexibility index (Phi) is 4.18. The molecule has 2 atom stereocenters. The van der Waals surface area contributed by atoms with Gasteiger partial charge in [0.05, 0.1) is 7.98 Å². The third-order valence-electron chi connectivity index (χ3n) is 3.28. The van der Waals surface area contributed by atoms with Crippen LogP contribution >= 0.6 is 0 Å². The highest BCUT2D eigenvalue weighted by Crippen LogP contribution is 2.33. The molecule has 1 aliphatic heterocycles. The molecular formula is C16H21NO5. The summed E-state index contributed by atoms with van der Waals surface area (Å²) in [6.45, 7) is 5.30. The summed E-state index contributed by atoms with van der Waals surface area (Å²) in [5.41, 5.74) is -0.628. The van der Waals surface area contributed by atoms with E-state index >= 15 is 0 Å². The van der Waals surface area contributed by atoms with Crippen molar-refractivity contribution in [1.82, 2.24) is 4.90 Å². The molecule has 1 aliphatic rings. The number of rotatable bonds is 4. The van der Waals surface area contributed by atoms with Gasteiger partial charge in [-0.05, 0) is 12.1 Å². The molecule has 1 N–H and O–H groups in total. The van der Waals surface area contributed by atoms with Crippen LogP contribution in [0.3, 0.4) is 0 Å². The molecule has 6 heteroatoms. The van der Waals surface area contributed by atoms with E-state index < -0.39 is 29.7 Å². The fourth-order valence-corrected chi connectivity index (χ4v) is 2.25. The number of carboxylic acid groups (broad SMARTS) is 1. The molecule has 0 saturated carbocycles. The fraction of sp³-hybridized carbons (Fsp3) is 0.500. The largest absolute Gasteiger partial charge is 0.494 e. The monoisotopic (exact) mass is 308 g/mol. The van der Waals surface area contributed by atoms with Gasteiger partial charge in [-0.2, -0.15) is 0 Å². The van der Waals surface area contributed by atoms with Crippen LogP contribution in [0.5, 0.6) is 5.75 Å². The minimum atomic E-state index is -2.00. The van der Waals surface area contributed by atoms with E-state index in [1.807, 2.05) is 6.07 Å². The smallest absolute Gasteiger partial charge is 0.410 e. The lowest BCUT2D eigenvalue weighted by Gasteiger charge is -2.32. The third-order valence-corrected chi connectivity index (χ3v) is 3.28. The van der Waals surface area contributed by atoms with E-state index in [1.165, 1.54) is 0 Å². The number of benzene rings is 1. The molecular weight excluding hydrogens is 286 g/mol. The predicted octanol–water partition coefficient (Wildman–Crippen LogP) is 2.73. The molecule has 1 amide bonds. The molecule has 0 spiro atoms. The van der Waals surface area contributed by atoms with Crippen LogP contribution in [0.4, 0.5) is 4.79 Å². The highest BCUT2D eigenvalue weighted by atomic mass is 16.6. The van der Waals surface area contributed by atoms with E-state index in [2.05, 4.69) is 0 Å². The molecule has 0 radical (unpaired) electrons. The zero-order chi connectivity index (χ0) is 17.3. The number of hydrogen-bond acceptors (Lipinski definition) is 4. The van der Waals surface area contributed by atoms with Crippen LogP contribution in [0.25, 0.3) is 0 Å². The number of carbonyl (C=O) groups excluding carboxylic acids is 1. The molecule has 1 fully saturated rings. The molecule has 6 nitrogen and oxygen atoms in total. The Bertz CT molecular complexity index is 586. The Labute approximate surface area is 131 Å². The van der Waals surface area contributed by atoms with Gasteiger partial charge in [0.15, 0.2) is 6.23 Å². The zero-order valence-electron chi connectivity index (χ0n) is 13.9. The van der Waals surface area contributed by atoms with Crippen LogP contribution in [-0.4, -0.2) is 40.9 Å². The Morgan fingerprint density at radius 2 is 2.05 bits per heavy atom. The van der Waals surface area contributed by atoms with Crippen molar-refractivity contribution in [3.63, 3.8) is 0 Å². The number of hydrogen-bond donors (Lipinski definition) is 1. The molecule has 1 heterocycles. The van der Waals surface area contributed by atoms with Gasteiger partial charge in [-0.3, -0.25) is 4.90 Å². The maximum Gasteiger partial charge on any atom is 0.410 e. The van der Waals surface area contributed by atoms with Crippen molar-refractivity contribution in [2.24, 2.45) is 5.41 Å². The van der Waals surface area contributed by atoms with Crippen molar-refractivity contribution in [3.8, 4) is 5.75 Å². The Morgan fingerprint density at radius 3 is 2.59 bits per heavy atom. The van der Waals surface area contributed by atoms with Gasteiger partial charge in [0, 0.05) is 11.8 Å². The third kappa shape index (κ3) is 3.50. The van der Waals surface area contributed by atoms with Crippen LogP contribution in [0.2, 0.25) is 0 Å². The number of ether oxygens (including phenoxy) is 2. The molecule has 120 valence electrons. The summed E-state index contributed by atoms with van der Waals surface area (Å²) in [7, 11) is 0. The topological polar surface area (TPSA) is 76.1 Å². The standard InChI is InChI=1S/C16H21NO5/c1-16(2,3)14-17(15(19)20)12(13(18)22-14)9-10-21-11-7-5-4-6-8-11/h4-8,12,14H,9-10H2,1-3H3,(H,19,20)/t12-,14+/m0/s1/i12D. The second-order valence-corrected chi connectivity index (χ2v) is 6.13. The normalized spacial score (nSPS) is 25.6. The number of cyclic esters (lactones) is 1. The Balaban J connectivity index is 2.13. The van der Waals surface area contributed by atoms with Gasteiger partial charge in [0.2, 0.25) is 0 Å². The first-order valence-corrected chi connectivity index (χ1v) is 7.07. The number of amides is 1. The van der Waals surface area contributed by atoms with E-state index in [9.17, 15) is 14.7 Å². The fourth-order valence-electron chi connectivity index (χ4n) is 2.25. The van der Waals surface area contributed by atoms with Gasteiger partial charge < -0.3 is 14.6 Å². The van der Waals surface area contributed by atoms with Crippen LogP contribution in [-0.2, 0) is 9.53 Å². The molecule has 1 aromatic carbocycles. The summed E-state index contributed by atoms with van der Waals surface area (Å²) in [4.78, 5) is 24.5. The molecule has 1 aromatic rings. The summed E-state index contributed by atoms with van der Waals surface area (Å²) in [5, 5.41) is 9.45. The maximum atomic E-state index is 12.1. The maximum absolute atomic E-state index is 12.1. The van der Waals surface area contributed by atoms with Gasteiger partial charge >= 0.3 is 12.1 Å². The summed E-state index contributed by atoms with van der Waals surface area (Å²) in [6, 6.07) is 6.93. The lowest BCUT2D eigenvalue weighted by molar-refractivity contribution is -0.147. The van der Waals surface area contributed by atoms with Crippen LogP contribution < -0.4 is 4.74 Å². The van der Waals surface area contributed by atoms with Crippen molar-refractivity contribution >= 4 is 12.1 Å². The van der Waals surface area contributed by atoms with Crippen molar-refractivity contribution in [2.45, 2.75) is 39.4 Å². The zero-order valence-corrected chi connectivity index (χ0v) is 12.9. The first-order valence-electron chi connectivity index (χ1n) is 7.57. The highest BCUT2D eigenvalue weighted by Gasteiger charge is 2.49. The molecule has 0 aromatic heterocycles. The molecule has 0 aliphatic carbocycles. The van der Waals surface area contributed by atoms with Gasteiger partial charge in [0.1, 0.15) is 11.8 Å². The van der Waals surface area contributed by atoms with E-state index in [0.29, 0.717) is 5.75 Å². The molecule has 2 rings (SSSR count). The Hall–Kier alpha value is -2.24. The number of para-hydroxylation sites is 1. The predicted molar refractivity (Wildman–Crippen MR) is 79.5 cm³/mol. The highest BCUT2D eigenvalue weighted by molar-refractivity contribution is 5.84. The molecule has 0 bridgehead atoms. The minimum Gasteiger partial charge on any atom is -0.494 e. The van der Waals surface area contributed by atoms with Crippen LogP contribution in [0, 0.1) is 5.41 Å². The van der Waals surface area contributed by atoms with E-state index in [0.717, 1.165) is 4.90 Å². The second-order valence-electron chi connectivity index (χ2n) is 6.13. The van der Waals surface area contributed by atoms with E-state index in [-0.39, 0.29) is 13.0 Å². The molecule has 1 saturated heterocycles. The van der Waals surface area contributed by atoms with Gasteiger partial charge in [0.25, 0.3) is 0 Å². The average Bonchev–Trinajstić information content (AvgIpc) is 2.72. The lowest BCUT2D eigenvalue weighted by Crippen LogP contribution is -2.47. The van der Waals surface area contributed by atoms with Crippen molar-refractivity contribution in [2.75, 3.05) is 6.61 Å².